The fourth-order valence-electron chi connectivity index (χ4n) is 3.66. The molecule has 0 bridgehead atoms. The lowest BCUT2D eigenvalue weighted by Crippen LogP contribution is -2.32. The number of rotatable bonds is 3. The van der Waals surface area contributed by atoms with Gasteiger partial charge in [-0.1, -0.05) is 11.6 Å². The van der Waals surface area contributed by atoms with Gasteiger partial charge in [0.25, 0.3) is 0 Å². The molecule has 7 nitrogen and oxygen atoms in total. The lowest BCUT2D eigenvalue weighted by molar-refractivity contribution is 0.222. The molecule has 0 aliphatic carbocycles. The smallest absolute Gasteiger partial charge is 0.321 e. The fraction of sp³-hybridized carbons (Fsp3) is 0.182. The van der Waals surface area contributed by atoms with Gasteiger partial charge in [0.1, 0.15) is 11.5 Å². The number of nitrogens with one attached hydrogen (secondary N) is 1. The first-order chi connectivity index (χ1) is 15.1. The Morgan fingerprint density at radius 2 is 1.97 bits per heavy atom. The van der Waals surface area contributed by atoms with Gasteiger partial charge in [0.15, 0.2) is 5.65 Å². The summed E-state index contributed by atoms with van der Waals surface area (Å²) in [7, 11) is 0. The van der Waals surface area contributed by atoms with E-state index in [1.165, 1.54) is 16.8 Å². The van der Waals surface area contributed by atoms with E-state index in [1.807, 2.05) is 6.07 Å². The van der Waals surface area contributed by atoms with E-state index in [1.54, 1.807) is 41.7 Å². The van der Waals surface area contributed by atoms with Crippen molar-refractivity contribution in [1.82, 2.24) is 24.6 Å². The number of aromatic nitrogens is 4. The van der Waals surface area contributed by atoms with Gasteiger partial charge < -0.3 is 10.2 Å². The van der Waals surface area contributed by atoms with Crippen molar-refractivity contribution >= 4 is 34.4 Å². The fourth-order valence-corrected chi connectivity index (χ4v) is 3.89. The molecule has 9 heteroatoms. The third-order valence-corrected chi connectivity index (χ3v) is 5.53. The highest BCUT2D eigenvalue weighted by Gasteiger charge is 2.18. The Kier molecular flexibility index (Phi) is 4.99. The molecule has 3 aromatic heterocycles. The molecule has 0 radical (unpaired) electrons. The van der Waals surface area contributed by atoms with Crippen molar-refractivity contribution in [3.05, 3.63) is 65.8 Å². The van der Waals surface area contributed by atoms with E-state index >= 15 is 0 Å². The van der Waals surface area contributed by atoms with Gasteiger partial charge in [0, 0.05) is 48.3 Å². The summed E-state index contributed by atoms with van der Waals surface area (Å²) in [5, 5.41) is 8.45. The minimum atomic E-state index is -0.458. The standard InChI is InChI=1S/C22H18ClFN6O/c23-17-4-3-7-25-20(17)14-10-15-13-30(28-21(15)26-12-14)19-11-16(5-6-18(19)24)27-22(31)29-8-1-2-9-29/h3-7,10-13H,1-2,8-9H2,(H,27,31). The van der Waals surface area contributed by atoms with Crippen LogP contribution in [-0.4, -0.2) is 43.8 Å². The maximum Gasteiger partial charge on any atom is 0.321 e. The van der Waals surface area contributed by atoms with Crippen LogP contribution in [0, 0.1) is 5.82 Å². The predicted molar refractivity (Wildman–Crippen MR) is 117 cm³/mol. The van der Waals surface area contributed by atoms with Gasteiger partial charge >= 0.3 is 6.03 Å². The molecule has 1 aliphatic heterocycles. The zero-order chi connectivity index (χ0) is 21.4. The number of fused-ring (bicyclic) bond motifs is 1. The van der Waals surface area contributed by atoms with Crippen molar-refractivity contribution in [2.45, 2.75) is 12.8 Å². The van der Waals surface area contributed by atoms with Crippen LogP contribution in [0.15, 0.2) is 55.0 Å². The number of carbonyl (C=O) groups excluding carboxylic acids is 1. The van der Waals surface area contributed by atoms with Crippen molar-refractivity contribution in [1.29, 1.82) is 0 Å². The summed E-state index contributed by atoms with van der Waals surface area (Å²) >= 11 is 6.24. The van der Waals surface area contributed by atoms with Crippen molar-refractivity contribution < 1.29 is 9.18 Å². The van der Waals surface area contributed by atoms with Crippen LogP contribution in [0.3, 0.4) is 0 Å². The van der Waals surface area contributed by atoms with Crippen LogP contribution in [0.1, 0.15) is 12.8 Å². The molecule has 156 valence electrons. The minimum absolute atomic E-state index is 0.181. The molecule has 31 heavy (non-hydrogen) atoms. The van der Waals surface area contributed by atoms with Gasteiger partial charge in [-0.15, -0.1) is 5.10 Å². The predicted octanol–water partition coefficient (Wildman–Crippen LogP) is 4.90. The molecular formula is C22H18ClFN6O. The second kappa shape index (κ2) is 7.96. The lowest BCUT2D eigenvalue weighted by atomic mass is 10.1. The Balaban J connectivity index is 1.47. The number of carbonyl (C=O) groups is 1. The first-order valence-electron chi connectivity index (χ1n) is 9.91. The molecule has 1 saturated heterocycles. The summed E-state index contributed by atoms with van der Waals surface area (Å²) in [4.78, 5) is 22.8. The number of urea groups is 1. The van der Waals surface area contributed by atoms with Gasteiger partial charge in [-0.05, 0) is 49.2 Å². The second-order valence-corrected chi connectivity index (χ2v) is 7.74. The van der Waals surface area contributed by atoms with Gasteiger partial charge in [-0.3, -0.25) is 4.98 Å². The highest BCUT2D eigenvalue weighted by atomic mass is 35.5. The molecular weight excluding hydrogens is 419 g/mol. The van der Waals surface area contributed by atoms with Crippen molar-refractivity contribution in [2.75, 3.05) is 18.4 Å². The molecule has 2 amide bonds. The van der Waals surface area contributed by atoms with Gasteiger partial charge in [0.05, 0.1) is 10.7 Å². The van der Waals surface area contributed by atoms with E-state index in [-0.39, 0.29) is 11.7 Å². The molecule has 1 aliphatic rings. The summed E-state index contributed by atoms with van der Waals surface area (Å²) in [5.41, 5.74) is 2.53. The zero-order valence-electron chi connectivity index (χ0n) is 16.4. The first kappa shape index (κ1) is 19.4. The third kappa shape index (κ3) is 3.82. The summed E-state index contributed by atoms with van der Waals surface area (Å²) in [5.74, 6) is -0.458. The topological polar surface area (TPSA) is 75.9 Å². The number of hydrogen-bond donors (Lipinski definition) is 1. The molecule has 4 heterocycles. The zero-order valence-corrected chi connectivity index (χ0v) is 17.2. The maximum atomic E-state index is 14.6. The summed E-state index contributed by atoms with van der Waals surface area (Å²) in [6.07, 6.45) is 6.98. The molecule has 1 aromatic carbocycles. The summed E-state index contributed by atoms with van der Waals surface area (Å²) < 4.78 is 16.0. The molecule has 0 saturated carbocycles. The number of likely N-dealkylation sites (tertiary alicyclic amines) is 1. The molecule has 0 atom stereocenters. The van der Waals surface area contributed by atoms with E-state index < -0.39 is 5.82 Å². The Labute approximate surface area is 182 Å². The van der Waals surface area contributed by atoms with E-state index in [4.69, 9.17) is 11.6 Å². The van der Waals surface area contributed by atoms with Crippen LogP contribution in [0.25, 0.3) is 28.0 Å². The molecule has 1 N–H and O–H groups in total. The first-order valence-corrected chi connectivity index (χ1v) is 10.3. The molecule has 5 rings (SSSR count). The van der Waals surface area contributed by atoms with Crippen molar-refractivity contribution in [3.63, 3.8) is 0 Å². The van der Waals surface area contributed by atoms with Crippen LogP contribution >= 0.6 is 11.6 Å². The molecule has 0 unspecified atom stereocenters. The van der Waals surface area contributed by atoms with Crippen LogP contribution in [0.4, 0.5) is 14.9 Å². The minimum Gasteiger partial charge on any atom is -0.325 e. The van der Waals surface area contributed by atoms with Gasteiger partial charge in [-0.25, -0.2) is 18.9 Å². The van der Waals surface area contributed by atoms with Crippen LogP contribution in [0.5, 0.6) is 0 Å². The summed E-state index contributed by atoms with van der Waals surface area (Å²) in [6, 6.07) is 9.61. The average Bonchev–Trinajstić information content (AvgIpc) is 3.45. The van der Waals surface area contributed by atoms with E-state index in [9.17, 15) is 9.18 Å². The van der Waals surface area contributed by atoms with Gasteiger partial charge in [0.2, 0.25) is 0 Å². The van der Waals surface area contributed by atoms with E-state index in [0.717, 1.165) is 31.5 Å². The summed E-state index contributed by atoms with van der Waals surface area (Å²) in [6.45, 7) is 1.47. The largest absolute Gasteiger partial charge is 0.325 e. The van der Waals surface area contributed by atoms with E-state index in [2.05, 4.69) is 20.4 Å². The van der Waals surface area contributed by atoms with Crippen LogP contribution < -0.4 is 5.32 Å². The van der Waals surface area contributed by atoms with E-state index in [0.29, 0.717) is 27.4 Å². The highest BCUT2D eigenvalue weighted by Crippen LogP contribution is 2.28. The number of hydrogen-bond acceptors (Lipinski definition) is 4. The number of pyridine rings is 2. The Bertz CT molecular complexity index is 1280. The van der Waals surface area contributed by atoms with Crippen molar-refractivity contribution in [2.24, 2.45) is 0 Å². The SMILES string of the molecule is O=C(Nc1ccc(F)c(-n2cc3cc(-c4ncccc4Cl)cnc3n2)c1)N1CCCC1. The Morgan fingerprint density at radius 1 is 1.13 bits per heavy atom. The highest BCUT2D eigenvalue weighted by molar-refractivity contribution is 6.33. The number of nitrogens with zero attached hydrogens (tertiary/aromatic N) is 5. The van der Waals surface area contributed by atoms with Crippen LogP contribution in [-0.2, 0) is 0 Å². The quantitative estimate of drug-likeness (QED) is 0.495. The lowest BCUT2D eigenvalue weighted by Gasteiger charge is -2.16. The number of anilines is 1. The second-order valence-electron chi connectivity index (χ2n) is 7.33. The maximum absolute atomic E-state index is 14.6. The average molecular weight is 437 g/mol. The molecule has 0 spiro atoms. The Hall–Kier alpha value is -3.52. The normalized spacial score (nSPS) is 13.7. The Morgan fingerprint density at radius 3 is 2.77 bits per heavy atom. The van der Waals surface area contributed by atoms with Crippen LogP contribution in [0.2, 0.25) is 5.02 Å². The number of amides is 2. The molecule has 1 fully saturated rings. The number of halogens is 2. The number of benzene rings is 1. The van der Waals surface area contributed by atoms with Crippen molar-refractivity contribution in [3.8, 4) is 16.9 Å². The monoisotopic (exact) mass is 436 g/mol. The molecule has 4 aromatic rings. The van der Waals surface area contributed by atoms with Gasteiger partial charge in [-0.2, -0.15) is 0 Å². The third-order valence-electron chi connectivity index (χ3n) is 5.23.